The predicted molar refractivity (Wildman–Crippen MR) is 66.3 cm³/mol. The van der Waals surface area contributed by atoms with Crippen LogP contribution in [0.1, 0.15) is 10.5 Å². The van der Waals surface area contributed by atoms with E-state index in [0.29, 0.717) is 45.1 Å². The van der Waals surface area contributed by atoms with Crippen molar-refractivity contribution in [2.45, 2.75) is 6.54 Å². The summed E-state index contributed by atoms with van der Waals surface area (Å²) in [4.78, 5) is 15.7. The molecule has 102 valence electrons. The summed E-state index contributed by atoms with van der Waals surface area (Å²) >= 11 is 0. The first-order chi connectivity index (χ1) is 8.77. The standard InChI is InChI=1S/C11H20N4O3/c1-17-6-7-18-5-3-13-11(16)10-8-15(4-2-12)9-14-10/h8-9H,2-7,12H2,1H3,(H,13,16). The van der Waals surface area contributed by atoms with Crippen LogP contribution >= 0.6 is 0 Å². The zero-order chi connectivity index (χ0) is 13.2. The van der Waals surface area contributed by atoms with Gasteiger partial charge in [-0.3, -0.25) is 4.79 Å². The Balaban J connectivity index is 2.19. The molecule has 3 N–H and O–H groups in total. The van der Waals surface area contributed by atoms with Gasteiger partial charge in [-0.1, -0.05) is 0 Å². The van der Waals surface area contributed by atoms with E-state index >= 15 is 0 Å². The highest BCUT2D eigenvalue weighted by molar-refractivity contribution is 5.91. The van der Waals surface area contributed by atoms with Gasteiger partial charge in [0.15, 0.2) is 0 Å². The molecule has 1 aromatic rings. The van der Waals surface area contributed by atoms with Gasteiger partial charge in [0.05, 0.1) is 26.1 Å². The Labute approximate surface area is 106 Å². The lowest BCUT2D eigenvalue weighted by Crippen LogP contribution is -2.27. The minimum atomic E-state index is -0.207. The Morgan fingerprint density at radius 1 is 1.50 bits per heavy atom. The van der Waals surface area contributed by atoms with E-state index in [1.807, 2.05) is 0 Å². The maximum Gasteiger partial charge on any atom is 0.271 e. The smallest absolute Gasteiger partial charge is 0.271 e. The normalized spacial score (nSPS) is 10.6. The summed E-state index contributed by atoms with van der Waals surface area (Å²) < 4.78 is 11.8. The first-order valence-corrected chi connectivity index (χ1v) is 5.84. The Kier molecular flexibility index (Phi) is 7.00. The number of imidazole rings is 1. The maximum atomic E-state index is 11.7. The van der Waals surface area contributed by atoms with Crippen LogP contribution in [-0.4, -0.2) is 55.5 Å². The maximum absolute atomic E-state index is 11.7. The highest BCUT2D eigenvalue weighted by atomic mass is 16.5. The second-order valence-electron chi connectivity index (χ2n) is 3.65. The van der Waals surface area contributed by atoms with Gasteiger partial charge < -0.3 is 25.1 Å². The van der Waals surface area contributed by atoms with Gasteiger partial charge in [0, 0.05) is 32.9 Å². The zero-order valence-corrected chi connectivity index (χ0v) is 10.6. The van der Waals surface area contributed by atoms with Crippen LogP contribution in [0.2, 0.25) is 0 Å². The van der Waals surface area contributed by atoms with Gasteiger partial charge in [0.2, 0.25) is 0 Å². The van der Waals surface area contributed by atoms with Crippen molar-refractivity contribution >= 4 is 5.91 Å². The van der Waals surface area contributed by atoms with Crippen molar-refractivity contribution in [1.29, 1.82) is 0 Å². The number of methoxy groups -OCH3 is 1. The van der Waals surface area contributed by atoms with Crippen LogP contribution in [0, 0.1) is 0 Å². The molecule has 1 heterocycles. The molecule has 1 aromatic heterocycles. The van der Waals surface area contributed by atoms with Crippen LogP contribution in [0.3, 0.4) is 0 Å². The van der Waals surface area contributed by atoms with E-state index in [1.54, 1.807) is 24.2 Å². The van der Waals surface area contributed by atoms with Crippen LogP contribution in [-0.2, 0) is 16.0 Å². The minimum absolute atomic E-state index is 0.207. The van der Waals surface area contributed by atoms with Crippen molar-refractivity contribution in [1.82, 2.24) is 14.9 Å². The van der Waals surface area contributed by atoms with Gasteiger partial charge >= 0.3 is 0 Å². The molecule has 0 radical (unpaired) electrons. The lowest BCUT2D eigenvalue weighted by Gasteiger charge is -2.04. The third-order valence-electron chi connectivity index (χ3n) is 2.22. The van der Waals surface area contributed by atoms with E-state index in [1.165, 1.54) is 0 Å². The molecule has 0 spiro atoms. The molecule has 0 unspecified atom stereocenters. The fourth-order valence-electron chi connectivity index (χ4n) is 1.32. The van der Waals surface area contributed by atoms with Crippen LogP contribution in [0.5, 0.6) is 0 Å². The molecular formula is C11H20N4O3. The van der Waals surface area contributed by atoms with Crippen LogP contribution < -0.4 is 11.1 Å². The van der Waals surface area contributed by atoms with Gasteiger partial charge in [-0.15, -0.1) is 0 Å². The third kappa shape index (κ3) is 5.26. The average Bonchev–Trinajstić information content (AvgIpc) is 2.82. The van der Waals surface area contributed by atoms with Crippen LogP contribution in [0.15, 0.2) is 12.5 Å². The first-order valence-electron chi connectivity index (χ1n) is 5.84. The summed E-state index contributed by atoms with van der Waals surface area (Å²) in [7, 11) is 1.61. The van der Waals surface area contributed by atoms with E-state index < -0.39 is 0 Å². The van der Waals surface area contributed by atoms with Crippen molar-refractivity contribution in [2.75, 3.05) is 40.0 Å². The number of carbonyl (C=O) groups is 1. The first kappa shape index (κ1) is 14.6. The molecule has 18 heavy (non-hydrogen) atoms. The topological polar surface area (TPSA) is 91.4 Å². The summed E-state index contributed by atoms with van der Waals surface area (Å²) in [5.74, 6) is -0.207. The van der Waals surface area contributed by atoms with E-state index in [2.05, 4.69) is 10.3 Å². The van der Waals surface area contributed by atoms with Crippen LogP contribution in [0.4, 0.5) is 0 Å². The number of carbonyl (C=O) groups excluding carboxylic acids is 1. The Hall–Kier alpha value is -1.44. The lowest BCUT2D eigenvalue weighted by molar-refractivity contribution is 0.0692. The van der Waals surface area contributed by atoms with Gasteiger partial charge in [-0.2, -0.15) is 0 Å². The molecule has 7 heteroatoms. The number of hydrogen-bond acceptors (Lipinski definition) is 5. The Morgan fingerprint density at radius 2 is 2.33 bits per heavy atom. The fourth-order valence-corrected chi connectivity index (χ4v) is 1.32. The largest absolute Gasteiger partial charge is 0.382 e. The minimum Gasteiger partial charge on any atom is -0.382 e. The molecule has 0 aromatic carbocycles. The molecule has 0 bridgehead atoms. The summed E-state index contributed by atoms with van der Waals surface area (Å²) in [6.07, 6.45) is 3.27. The molecule has 1 rings (SSSR count). The third-order valence-corrected chi connectivity index (χ3v) is 2.22. The van der Waals surface area contributed by atoms with Gasteiger partial charge in [0.1, 0.15) is 5.69 Å². The van der Waals surface area contributed by atoms with Crippen molar-refractivity contribution < 1.29 is 14.3 Å². The quantitative estimate of drug-likeness (QED) is 0.566. The van der Waals surface area contributed by atoms with Crippen molar-refractivity contribution in [3.63, 3.8) is 0 Å². The molecule has 7 nitrogen and oxygen atoms in total. The summed E-state index contributed by atoms with van der Waals surface area (Å²) in [5, 5.41) is 2.72. The highest BCUT2D eigenvalue weighted by Crippen LogP contribution is 1.95. The molecule has 0 aliphatic heterocycles. The number of hydrogen-bond donors (Lipinski definition) is 2. The van der Waals surface area contributed by atoms with Gasteiger partial charge in [-0.05, 0) is 0 Å². The average molecular weight is 256 g/mol. The van der Waals surface area contributed by atoms with Crippen molar-refractivity contribution in [2.24, 2.45) is 5.73 Å². The zero-order valence-electron chi connectivity index (χ0n) is 10.6. The summed E-state index contributed by atoms with van der Waals surface area (Å²) in [6.45, 7) is 3.16. The molecule has 0 saturated heterocycles. The number of amides is 1. The molecule has 0 atom stereocenters. The number of aromatic nitrogens is 2. The Bertz CT molecular complexity index is 354. The lowest BCUT2D eigenvalue weighted by atomic mass is 10.4. The van der Waals surface area contributed by atoms with Crippen molar-refractivity contribution in [3.05, 3.63) is 18.2 Å². The van der Waals surface area contributed by atoms with Gasteiger partial charge in [0.25, 0.3) is 5.91 Å². The molecule has 0 saturated carbocycles. The molecule has 0 aliphatic rings. The summed E-state index contributed by atoms with van der Waals surface area (Å²) in [6, 6.07) is 0. The highest BCUT2D eigenvalue weighted by Gasteiger charge is 2.07. The second kappa shape index (κ2) is 8.62. The van der Waals surface area contributed by atoms with Gasteiger partial charge in [-0.25, -0.2) is 4.98 Å². The number of nitrogens with two attached hydrogens (primary N) is 1. The van der Waals surface area contributed by atoms with E-state index in [-0.39, 0.29) is 5.91 Å². The van der Waals surface area contributed by atoms with E-state index in [4.69, 9.17) is 15.2 Å². The molecule has 0 fully saturated rings. The number of nitrogens with zero attached hydrogens (tertiary/aromatic N) is 2. The SMILES string of the molecule is COCCOCCNC(=O)c1cn(CCN)cn1. The molecule has 1 amide bonds. The monoisotopic (exact) mass is 256 g/mol. The van der Waals surface area contributed by atoms with Crippen LogP contribution in [0.25, 0.3) is 0 Å². The number of ether oxygens (including phenoxy) is 2. The van der Waals surface area contributed by atoms with Crippen molar-refractivity contribution in [3.8, 4) is 0 Å². The number of rotatable bonds is 9. The van der Waals surface area contributed by atoms with E-state index in [0.717, 1.165) is 0 Å². The van der Waals surface area contributed by atoms with E-state index in [9.17, 15) is 4.79 Å². The second-order valence-corrected chi connectivity index (χ2v) is 3.65. The molecular weight excluding hydrogens is 236 g/mol. The summed E-state index contributed by atoms with van der Waals surface area (Å²) in [5.41, 5.74) is 5.80. The fraction of sp³-hybridized carbons (Fsp3) is 0.636. The Morgan fingerprint density at radius 3 is 3.06 bits per heavy atom. The predicted octanol–water partition coefficient (Wildman–Crippen LogP) is -0.765. The molecule has 0 aliphatic carbocycles. The number of nitrogens with one attached hydrogen (secondary N) is 1.